The molecule has 5 nitrogen and oxygen atoms in total. The average molecular weight is 370 g/mol. The highest BCUT2D eigenvalue weighted by atomic mass is 19.1. The second-order valence-corrected chi connectivity index (χ2v) is 7.51. The molecular weight excluding hydrogens is 354 g/mol. The van der Waals surface area contributed by atoms with Crippen LogP contribution in [0, 0.1) is 33.6 Å². The number of oxazole rings is 1. The molecule has 0 radical (unpaired) electrons. The first kappa shape index (κ1) is 16.4. The molecule has 0 spiro atoms. The number of hydrogen-bond acceptors (Lipinski definition) is 4. The zero-order valence-corrected chi connectivity index (χ0v) is 14.3. The predicted molar refractivity (Wildman–Crippen MR) is 93.3 cm³/mol. The summed E-state index contributed by atoms with van der Waals surface area (Å²) in [6.07, 6.45) is 2.99. The summed E-state index contributed by atoms with van der Waals surface area (Å²) in [4.78, 5) is 15.1. The van der Waals surface area contributed by atoms with Gasteiger partial charge in [0, 0.05) is 24.0 Å². The number of rotatable bonds is 3. The van der Waals surface area contributed by atoms with Gasteiger partial charge in [-0.05, 0) is 48.8 Å². The van der Waals surface area contributed by atoms with Crippen molar-refractivity contribution in [3.05, 3.63) is 69.6 Å². The van der Waals surface area contributed by atoms with Crippen LogP contribution >= 0.6 is 0 Å². The third kappa shape index (κ3) is 2.52. The summed E-state index contributed by atoms with van der Waals surface area (Å²) in [5.41, 5.74) is 1.36. The van der Waals surface area contributed by atoms with E-state index in [1.165, 1.54) is 24.3 Å². The number of hydrogen-bond donors (Lipinski definition) is 0. The van der Waals surface area contributed by atoms with Gasteiger partial charge in [0.25, 0.3) is 5.69 Å². The Morgan fingerprint density at radius 1 is 1.07 bits per heavy atom. The van der Waals surface area contributed by atoms with Crippen LogP contribution in [0.2, 0.25) is 0 Å². The van der Waals surface area contributed by atoms with Crippen LogP contribution in [-0.4, -0.2) is 9.91 Å². The van der Waals surface area contributed by atoms with E-state index in [1.807, 2.05) is 0 Å². The van der Waals surface area contributed by atoms with Crippen molar-refractivity contribution >= 4 is 16.8 Å². The molecule has 2 aliphatic rings. The molecule has 138 valence electrons. The third-order valence-corrected chi connectivity index (χ3v) is 6.12. The molecule has 0 unspecified atom stereocenters. The van der Waals surface area contributed by atoms with Crippen LogP contribution in [0.25, 0.3) is 11.1 Å². The van der Waals surface area contributed by atoms with E-state index in [4.69, 9.17) is 4.42 Å². The standard InChI is InChI=1S/C20H16F2N2O3/c21-12-3-5-14(15(22)8-12)18-10-1-2-11(7-10)19(18)20-23-16-6-4-13(24(25)26)9-17(16)27-20/h3-6,8-11,18-19H,1-2,7H2/t10-,11+,18-,19-/m0/s1. The quantitative estimate of drug-likeness (QED) is 0.463. The molecule has 2 saturated carbocycles. The Kier molecular flexibility index (Phi) is 3.54. The first-order valence-corrected chi connectivity index (χ1v) is 9.01. The van der Waals surface area contributed by atoms with Crippen LogP contribution < -0.4 is 0 Å². The number of non-ortho nitro benzene ring substituents is 1. The van der Waals surface area contributed by atoms with E-state index in [2.05, 4.69) is 4.98 Å². The van der Waals surface area contributed by atoms with E-state index in [9.17, 15) is 18.9 Å². The SMILES string of the molecule is O=[N+]([O-])c1ccc2nc([C@H]3[C@@H]4CC[C@@H](C4)[C@H]3c3ccc(F)cc3F)oc2c1. The Morgan fingerprint density at radius 2 is 1.85 bits per heavy atom. The lowest BCUT2D eigenvalue weighted by atomic mass is 9.75. The van der Waals surface area contributed by atoms with Gasteiger partial charge in [0.1, 0.15) is 17.2 Å². The summed E-state index contributed by atoms with van der Waals surface area (Å²) in [6, 6.07) is 8.07. The predicted octanol–water partition coefficient (Wildman–Crippen LogP) is 5.31. The highest BCUT2D eigenvalue weighted by molar-refractivity contribution is 5.75. The number of nitro groups is 1. The van der Waals surface area contributed by atoms with Gasteiger partial charge >= 0.3 is 0 Å². The Hall–Kier alpha value is -2.83. The van der Waals surface area contributed by atoms with Gasteiger partial charge < -0.3 is 4.42 Å². The maximum Gasteiger partial charge on any atom is 0.273 e. The minimum atomic E-state index is -0.592. The number of fused-ring (bicyclic) bond motifs is 3. The highest BCUT2D eigenvalue weighted by Crippen LogP contribution is 2.61. The Balaban J connectivity index is 1.59. The van der Waals surface area contributed by atoms with Crippen LogP contribution in [0.4, 0.5) is 14.5 Å². The van der Waals surface area contributed by atoms with Crippen molar-refractivity contribution in [1.82, 2.24) is 4.98 Å². The fraction of sp³-hybridized carbons (Fsp3) is 0.350. The molecule has 1 heterocycles. The molecule has 0 N–H and O–H groups in total. The Labute approximate surface area is 153 Å². The number of benzene rings is 2. The molecule has 2 aromatic carbocycles. The van der Waals surface area contributed by atoms with Gasteiger partial charge in [-0.15, -0.1) is 0 Å². The van der Waals surface area contributed by atoms with Crippen molar-refractivity contribution in [2.75, 3.05) is 0 Å². The zero-order chi connectivity index (χ0) is 18.7. The van der Waals surface area contributed by atoms with Gasteiger partial charge in [-0.3, -0.25) is 10.1 Å². The lowest BCUT2D eigenvalue weighted by Gasteiger charge is -2.29. The van der Waals surface area contributed by atoms with Crippen LogP contribution in [0.3, 0.4) is 0 Å². The summed E-state index contributed by atoms with van der Waals surface area (Å²) < 4.78 is 33.8. The topological polar surface area (TPSA) is 69.2 Å². The van der Waals surface area contributed by atoms with Gasteiger partial charge in [-0.25, -0.2) is 13.8 Å². The van der Waals surface area contributed by atoms with Gasteiger partial charge in [-0.2, -0.15) is 0 Å². The summed E-state index contributed by atoms with van der Waals surface area (Å²) >= 11 is 0. The molecule has 4 atom stereocenters. The number of aromatic nitrogens is 1. The minimum Gasteiger partial charge on any atom is -0.440 e. The number of nitrogens with zero attached hydrogens (tertiary/aromatic N) is 2. The maximum absolute atomic E-state index is 14.5. The summed E-state index contributed by atoms with van der Waals surface area (Å²) in [7, 11) is 0. The summed E-state index contributed by atoms with van der Waals surface area (Å²) in [5.74, 6) is -0.222. The molecule has 2 aliphatic carbocycles. The second kappa shape index (κ2) is 5.84. The first-order valence-electron chi connectivity index (χ1n) is 9.01. The monoisotopic (exact) mass is 370 g/mol. The van der Waals surface area contributed by atoms with Gasteiger partial charge in [-0.1, -0.05) is 6.07 Å². The van der Waals surface area contributed by atoms with Crippen molar-refractivity contribution in [2.45, 2.75) is 31.1 Å². The van der Waals surface area contributed by atoms with Gasteiger partial charge in [0.05, 0.1) is 11.0 Å². The molecular formula is C20H16F2N2O3. The van der Waals surface area contributed by atoms with Gasteiger partial charge in [0.2, 0.25) is 0 Å². The Morgan fingerprint density at radius 3 is 2.59 bits per heavy atom. The fourth-order valence-electron chi connectivity index (χ4n) is 5.05. The average Bonchev–Trinajstić information content (AvgIpc) is 3.34. The fourth-order valence-corrected chi connectivity index (χ4v) is 5.05. The lowest BCUT2D eigenvalue weighted by molar-refractivity contribution is -0.384. The van der Waals surface area contributed by atoms with Crippen LogP contribution in [0.15, 0.2) is 40.8 Å². The van der Waals surface area contributed by atoms with Crippen molar-refractivity contribution in [2.24, 2.45) is 11.8 Å². The molecule has 2 fully saturated rings. The van der Waals surface area contributed by atoms with E-state index in [-0.39, 0.29) is 17.5 Å². The Bertz CT molecular complexity index is 1060. The largest absolute Gasteiger partial charge is 0.440 e. The van der Waals surface area contributed by atoms with Crippen molar-refractivity contribution < 1.29 is 18.1 Å². The molecule has 0 saturated heterocycles. The maximum atomic E-state index is 14.5. The molecule has 3 aromatic rings. The minimum absolute atomic E-state index is 0.0562. The zero-order valence-electron chi connectivity index (χ0n) is 14.3. The molecule has 0 aliphatic heterocycles. The van der Waals surface area contributed by atoms with Crippen LogP contribution in [-0.2, 0) is 0 Å². The van der Waals surface area contributed by atoms with Crippen molar-refractivity contribution in [1.29, 1.82) is 0 Å². The second-order valence-electron chi connectivity index (χ2n) is 7.51. The molecule has 2 bridgehead atoms. The van der Waals surface area contributed by atoms with E-state index in [0.717, 1.165) is 25.3 Å². The normalized spacial score (nSPS) is 26.7. The molecule has 7 heteroatoms. The van der Waals surface area contributed by atoms with Gasteiger partial charge in [0.15, 0.2) is 11.5 Å². The van der Waals surface area contributed by atoms with Crippen LogP contribution in [0.5, 0.6) is 0 Å². The van der Waals surface area contributed by atoms with E-state index < -0.39 is 16.6 Å². The molecule has 1 aromatic heterocycles. The third-order valence-electron chi connectivity index (χ3n) is 6.12. The molecule has 0 amide bonds. The van der Waals surface area contributed by atoms with Crippen LogP contribution in [0.1, 0.15) is 42.6 Å². The lowest BCUT2D eigenvalue weighted by Crippen LogP contribution is -2.20. The molecule has 5 rings (SSSR count). The van der Waals surface area contributed by atoms with E-state index in [1.54, 1.807) is 6.07 Å². The highest BCUT2D eigenvalue weighted by Gasteiger charge is 2.51. The first-order chi connectivity index (χ1) is 13.0. The van der Waals surface area contributed by atoms with E-state index in [0.29, 0.717) is 34.4 Å². The summed E-state index contributed by atoms with van der Waals surface area (Å²) in [5, 5.41) is 11.0. The van der Waals surface area contributed by atoms with Crippen molar-refractivity contribution in [3.63, 3.8) is 0 Å². The summed E-state index contributed by atoms with van der Waals surface area (Å²) in [6.45, 7) is 0. The van der Waals surface area contributed by atoms with Crippen molar-refractivity contribution in [3.8, 4) is 0 Å². The smallest absolute Gasteiger partial charge is 0.273 e. The van der Waals surface area contributed by atoms with E-state index >= 15 is 0 Å². The number of nitro benzene ring substituents is 1. The number of halogens is 2. The molecule has 27 heavy (non-hydrogen) atoms.